The van der Waals surface area contributed by atoms with Crippen LogP contribution in [0.2, 0.25) is 10.0 Å². The molecule has 2 aliphatic heterocycles. The first-order valence-electron chi connectivity index (χ1n) is 8.40. The molecule has 3 rings (SSSR count). The van der Waals surface area contributed by atoms with Crippen LogP contribution in [0, 0.1) is 0 Å². The van der Waals surface area contributed by atoms with Gasteiger partial charge < -0.3 is 15.0 Å². The molecule has 2 aliphatic rings. The molecule has 0 spiro atoms. The van der Waals surface area contributed by atoms with Crippen molar-refractivity contribution in [3.8, 4) is 0 Å². The number of piperazine rings is 1. The van der Waals surface area contributed by atoms with Crippen molar-refractivity contribution in [3.05, 3.63) is 28.2 Å². The summed E-state index contributed by atoms with van der Waals surface area (Å²) in [5, 5.41) is 3.75. The van der Waals surface area contributed by atoms with Gasteiger partial charge in [0.2, 0.25) is 5.91 Å². The zero-order valence-corrected chi connectivity index (χ0v) is 15.4. The SMILES string of the molecule is O=C(CN1CCN(C(=O)C2CCCO2)CC1)Nc1cc(Cl)cc(Cl)c1. The molecule has 0 bridgehead atoms. The lowest BCUT2D eigenvalue weighted by Gasteiger charge is -2.35. The lowest BCUT2D eigenvalue weighted by atomic mass is 10.2. The predicted molar refractivity (Wildman–Crippen MR) is 97.1 cm³/mol. The van der Waals surface area contributed by atoms with Gasteiger partial charge in [-0.15, -0.1) is 0 Å². The van der Waals surface area contributed by atoms with Gasteiger partial charge in [0.05, 0.1) is 6.54 Å². The Kier molecular flexibility index (Phi) is 6.17. The third-order valence-corrected chi connectivity index (χ3v) is 4.84. The first-order chi connectivity index (χ1) is 12.0. The zero-order chi connectivity index (χ0) is 17.8. The maximum atomic E-state index is 12.3. The van der Waals surface area contributed by atoms with Crippen LogP contribution in [0.5, 0.6) is 0 Å². The van der Waals surface area contributed by atoms with Crippen molar-refractivity contribution in [2.45, 2.75) is 18.9 Å². The van der Waals surface area contributed by atoms with E-state index in [1.54, 1.807) is 18.2 Å². The van der Waals surface area contributed by atoms with E-state index in [-0.39, 0.29) is 24.5 Å². The van der Waals surface area contributed by atoms with Crippen LogP contribution in [0.1, 0.15) is 12.8 Å². The van der Waals surface area contributed by atoms with Crippen molar-refractivity contribution < 1.29 is 14.3 Å². The number of rotatable bonds is 4. The number of hydrogen-bond acceptors (Lipinski definition) is 4. The molecular weight excluding hydrogens is 365 g/mol. The molecule has 6 nitrogen and oxygen atoms in total. The second-order valence-corrected chi connectivity index (χ2v) is 7.18. The van der Waals surface area contributed by atoms with Crippen molar-refractivity contribution in [2.24, 2.45) is 0 Å². The minimum Gasteiger partial charge on any atom is -0.368 e. The molecule has 2 fully saturated rings. The smallest absolute Gasteiger partial charge is 0.251 e. The first-order valence-corrected chi connectivity index (χ1v) is 9.15. The molecule has 1 aromatic carbocycles. The topological polar surface area (TPSA) is 61.9 Å². The molecule has 1 atom stereocenters. The van der Waals surface area contributed by atoms with Crippen molar-refractivity contribution >= 4 is 40.7 Å². The van der Waals surface area contributed by atoms with Crippen LogP contribution in [0.3, 0.4) is 0 Å². The van der Waals surface area contributed by atoms with E-state index in [0.717, 1.165) is 12.8 Å². The van der Waals surface area contributed by atoms with Crippen molar-refractivity contribution in [1.29, 1.82) is 0 Å². The van der Waals surface area contributed by atoms with E-state index in [0.29, 0.717) is 48.5 Å². The Morgan fingerprint density at radius 3 is 2.40 bits per heavy atom. The first kappa shape index (κ1) is 18.5. The van der Waals surface area contributed by atoms with Crippen LogP contribution in [0.15, 0.2) is 18.2 Å². The second-order valence-electron chi connectivity index (χ2n) is 6.31. The number of nitrogens with one attached hydrogen (secondary N) is 1. The van der Waals surface area contributed by atoms with Gasteiger partial charge in [-0.1, -0.05) is 23.2 Å². The summed E-state index contributed by atoms with van der Waals surface area (Å²) in [6.45, 7) is 3.52. The largest absolute Gasteiger partial charge is 0.368 e. The van der Waals surface area contributed by atoms with E-state index < -0.39 is 0 Å². The molecule has 1 aromatic rings. The number of carbonyl (C=O) groups is 2. The molecule has 25 heavy (non-hydrogen) atoms. The molecule has 0 radical (unpaired) electrons. The van der Waals surface area contributed by atoms with E-state index in [4.69, 9.17) is 27.9 Å². The number of nitrogens with zero attached hydrogens (tertiary/aromatic N) is 2. The van der Waals surface area contributed by atoms with E-state index in [9.17, 15) is 9.59 Å². The fraction of sp³-hybridized carbons (Fsp3) is 0.529. The molecule has 0 aromatic heterocycles. The third-order valence-electron chi connectivity index (χ3n) is 4.40. The summed E-state index contributed by atoms with van der Waals surface area (Å²) in [4.78, 5) is 28.4. The van der Waals surface area contributed by atoms with Crippen LogP contribution in [-0.2, 0) is 14.3 Å². The highest BCUT2D eigenvalue weighted by atomic mass is 35.5. The van der Waals surface area contributed by atoms with Crippen molar-refractivity contribution in [3.63, 3.8) is 0 Å². The molecule has 8 heteroatoms. The average molecular weight is 386 g/mol. The summed E-state index contributed by atoms with van der Waals surface area (Å²) < 4.78 is 5.45. The van der Waals surface area contributed by atoms with Gasteiger partial charge in [0.1, 0.15) is 6.10 Å². The zero-order valence-electron chi connectivity index (χ0n) is 13.8. The van der Waals surface area contributed by atoms with Crippen molar-refractivity contribution in [2.75, 3.05) is 44.6 Å². The van der Waals surface area contributed by atoms with Gasteiger partial charge in [0.15, 0.2) is 0 Å². The van der Waals surface area contributed by atoms with Gasteiger partial charge in [-0.05, 0) is 31.0 Å². The number of benzene rings is 1. The predicted octanol–water partition coefficient (Wildman–Crippen LogP) is 2.26. The van der Waals surface area contributed by atoms with Gasteiger partial charge in [0.25, 0.3) is 5.91 Å². The Hall–Kier alpha value is -1.34. The Morgan fingerprint density at radius 2 is 1.80 bits per heavy atom. The standard InChI is InChI=1S/C17H21Cl2N3O3/c18-12-8-13(19)10-14(9-12)20-16(23)11-21-3-5-22(6-4-21)17(24)15-2-1-7-25-15/h8-10,15H,1-7,11H2,(H,20,23). The lowest BCUT2D eigenvalue weighted by Crippen LogP contribution is -2.52. The van der Waals surface area contributed by atoms with Crippen LogP contribution in [0.25, 0.3) is 0 Å². The van der Waals surface area contributed by atoms with Crippen LogP contribution in [-0.4, -0.2) is 67.0 Å². The van der Waals surface area contributed by atoms with E-state index in [2.05, 4.69) is 5.32 Å². The summed E-state index contributed by atoms with van der Waals surface area (Å²) in [6, 6.07) is 4.93. The Bertz CT molecular complexity index is 622. The van der Waals surface area contributed by atoms with Crippen molar-refractivity contribution in [1.82, 2.24) is 9.80 Å². The van der Waals surface area contributed by atoms with E-state index in [1.165, 1.54) is 0 Å². The normalized spacial score (nSPS) is 21.4. The monoisotopic (exact) mass is 385 g/mol. The Balaban J connectivity index is 1.45. The maximum absolute atomic E-state index is 12.3. The summed E-state index contributed by atoms with van der Waals surface area (Å²) >= 11 is 11.9. The Morgan fingerprint density at radius 1 is 1.12 bits per heavy atom. The number of ether oxygens (including phenoxy) is 1. The molecule has 2 amide bonds. The fourth-order valence-electron chi connectivity index (χ4n) is 3.13. The number of anilines is 1. The number of hydrogen-bond donors (Lipinski definition) is 1. The van der Waals surface area contributed by atoms with Gasteiger partial charge in [-0.25, -0.2) is 0 Å². The summed E-state index contributed by atoms with van der Waals surface area (Å²) in [5.74, 6) is -0.0487. The van der Waals surface area contributed by atoms with E-state index in [1.807, 2.05) is 9.80 Å². The van der Waals surface area contributed by atoms with Crippen LogP contribution < -0.4 is 5.32 Å². The highest BCUT2D eigenvalue weighted by Crippen LogP contribution is 2.22. The fourth-order valence-corrected chi connectivity index (χ4v) is 3.66. The van der Waals surface area contributed by atoms with Crippen LogP contribution in [0.4, 0.5) is 5.69 Å². The van der Waals surface area contributed by atoms with Gasteiger partial charge in [0, 0.05) is 48.5 Å². The molecule has 1 N–H and O–H groups in total. The quantitative estimate of drug-likeness (QED) is 0.863. The molecule has 2 saturated heterocycles. The molecule has 0 aliphatic carbocycles. The molecule has 1 unspecified atom stereocenters. The molecule has 2 heterocycles. The number of halogens is 2. The highest BCUT2D eigenvalue weighted by molar-refractivity contribution is 6.35. The Labute approximate surface area is 157 Å². The lowest BCUT2D eigenvalue weighted by molar-refractivity contribution is -0.142. The van der Waals surface area contributed by atoms with Gasteiger partial charge in [-0.2, -0.15) is 0 Å². The summed E-state index contributed by atoms with van der Waals surface area (Å²) in [7, 11) is 0. The summed E-state index contributed by atoms with van der Waals surface area (Å²) in [6.07, 6.45) is 1.48. The second kappa shape index (κ2) is 8.36. The molecule has 0 saturated carbocycles. The van der Waals surface area contributed by atoms with Gasteiger partial charge >= 0.3 is 0 Å². The van der Waals surface area contributed by atoms with E-state index >= 15 is 0 Å². The minimum absolute atomic E-state index is 0.0789. The third kappa shape index (κ3) is 5.07. The number of amides is 2. The minimum atomic E-state index is -0.276. The summed E-state index contributed by atoms with van der Waals surface area (Å²) in [5.41, 5.74) is 0.578. The average Bonchev–Trinajstić information content (AvgIpc) is 3.08. The molecular formula is C17H21Cl2N3O3. The maximum Gasteiger partial charge on any atom is 0.251 e. The van der Waals surface area contributed by atoms with Crippen LogP contribution >= 0.6 is 23.2 Å². The molecule has 136 valence electrons. The van der Waals surface area contributed by atoms with Gasteiger partial charge in [-0.3, -0.25) is 14.5 Å². The highest BCUT2D eigenvalue weighted by Gasteiger charge is 2.30. The number of carbonyl (C=O) groups excluding carboxylic acids is 2.